The maximum Gasteiger partial charge on any atom is 0.224 e. The summed E-state index contributed by atoms with van der Waals surface area (Å²) in [5.74, 6) is 0.189. The lowest BCUT2D eigenvalue weighted by Gasteiger charge is -2.35. The normalized spacial score (nSPS) is 23.1. The van der Waals surface area contributed by atoms with E-state index in [1.54, 1.807) is 0 Å². The third-order valence-corrected chi connectivity index (χ3v) is 3.65. The molecule has 0 aromatic heterocycles. The number of nitrogens with one attached hydrogen (secondary N) is 2. The Bertz CT molecular complexity index is 286. The molecular weight excluding hydrogens is 325 g/mol. The van der Waals surface area contributed by atoms with Crippen molar-refractivity contribution in [2.45, 2.75) is 45.8 Å². The Kier molecular flexibility index (Phi) is 14.7. The zero-order chi connectivity index (χ0) is 15.0. The van der Waals surface area contributed by atoms with Crippen LogP contribution in [-0.2, 0) is 9.53 Å². The van der Waals surface area contributed by atoms with Crippen LogP contribution in [0.25, 0.3) is 0 Å². The van der Waals surface area contributed by atoms with Crippen LogP contribution in [0.3, 0.4) is 0 Å². The number of rotatable bonds is 8. The Morgan fingerprint density at radius 3 is 2.36 bits per heavy atom. The number of nitrogens with zero attached hydrogens (tertiary/aromatic N) is 1. The van der Waals surface area contributed by atoms with Gasteiger partial charge >= 0.3 is 0 Å². The van der Waals surface area contributed by atoms with Crippen LogP contribution in [-0.4, -0.2) is 62.8 Å². The lowest BCUT2D eigenvalue weighted by Crippen LogP contribution is -2.45. The van der Waals surface area contributed by atoms with Crippen LogP contribution < -0.4 is 10.6 Å². The number of carbonyl (C=O) groups is 1. The predicted molar refractivity (Wildman–Crippen MR) is 96.3 cm³/mol. The number of ether oxygens (including phenoxy) is 1. The van der Waals surface area contributed by atoms with Crippen molar-refractivity contribution in [3.05, 3.63) is 0 Å². The van der Waals surface area contributed by atoms with Gasteiger partial charge in [0.25, 0.3) is 0 Å². The summed E-state index contributed by atoms with van der Waals surface area (Å²) in [4.78, 5) is 14.2. The monoisotopic (exact) mass is 357 g/mol. The van der Waals surface area contributed by atoms with E-state index in [4.69, 9.17) is 4.74 Å². The van der Waals surface area contributed by atoms with Crippen molar-refractivity contribution in [3.63, 3.8) is 0 Å². The predicted octanol–water partition coefficient (Wildman–Crippen LogP) is 1.69. The van der Waals surface area contributed by atoms with Crippen molar-refractivity contribution in [1.29, 1.82) is 0 Å². The quantitative estimate of drug-likeness (QED) is 0.649. The summed E-state index contributed by atoms with van der Waals surface area (Å²) >= 11 is 0. The molecule has 5 nitrogen and oxygen atoms in total. The first-order valence-corrected chi connectivity index (χ1v) is 7.83. The van der Waals surface area contributed by atoms with E-state index in [-0.39, 0.29) is 36.6 Å². The number of amides is 1. The maximum absolute atomic E-state index is 11.7. The maximum atomic E-state index is 11.7. The van der Waals surface area contributed by atoms with E-state index in [1.807, 2.05) is 14.0 Å². The molecule has 134 valence electrons. The molecule has 2 N–H and O–H groups in total. The van der Waals surface area contributed by atoms with Gasteiger partial charge in [-0.15, -0.1) is 24.8 Å². The van der Waals surface area contributed by atoms with Crippen LogP contribution in [0.5, 0.6) is 0 Å². The first kappa shape index (κ1) is 24.2. The molecule has 3 unspecified atom stereocenters. The average Bonchev–Trinajstić information content (AvgIpc) is 2.37. The number of unbranched alkanes of at least 4 members (excludes halogenated alkanes) is 1. The van der Waals surface area contributed by atoms with Gasteiger partial charge in [0.05, 0.1) is 12.2 Å². The standard InChI is InChI=1S/C15H31N3O2.2ClH/c1-12(9-16-4)15(19)17-7-5-6-8-18-10-13(2)20-14(3)11-18;;/h12-14,16H,5-11H2,1-4H3,(H,17,19);2*1H. The van der Waals surface area contributed by atoms with Gasteiger partial charge < -0.3 is 15.4 Å². The van der Waals surface area contributed by atoms with Crippen LogP contribution in [0.1, 0.15) is 33.6 Å². The van der Waals surface area contributed by atoms with Crippen molar-refractivity contribution in [2.24, 2.45) is 5.92 Å². The van der Waals surface area contributed by atoms with Gasteiger partial charge in [0.1, 0.15) is 0 Å². The topological polar surface area (TPSA) is 53.6 Å². The summed E-state index contributed by atoms with van der Waals surface area (Å²) in [5.41, 5.74) is 0. The Hall–Kier alpha value is -0.0700. The van der Waals surface area contributed by atoms with Crippen LogP contribution in [0.2, 0.25) is 0 Å². The highest BCUT2D eigenvalue weighted by molar-refractivity contribution is 5.85. The summed E-state index contributed by atoms with van der Waals surface area (Å²) in [6, 6.07) is 0. The van der Waals surface area contributed by atoms with Crippen LogP contribution in [0, 0.1) is 5.92 Å². The van der Waals surface area contributed by atoms with Crippen LogP contribution in [0.15, 0.2) is 0 Å². The van der Waals surface area contributed by atoms with Gasteiger partial charge in [-0.05, 0) is 40.3 Å². The van der Waals surface area contributed by atoms with Gasteiger partial charge in [0, 0.05) is 32.1 Å². The van der Waals surface area contributed by atoms with Crippen LogP contribution in [0.4, 0.5) is 0 Å². The largest absolute Gasteiger partial charge is 0.373 e. The Morgan fingerprint density at radius 1 is 1.23 bits per heavy atom. The summed E-state index contributed by atoms with van der Waals surface area (Å²) in [6.07, 6.45) is 2.83. The fourth-order valence-electron chi connectivity index (χ4n) is 2.71. The van der Waals surface area contributed by atoms with Crippen LogP contribution >= 0.6 is 24.8 Å². The van der Waals surface area contributed by atoms with Crippen molar-refractivity contribution < 1.29 is 9.53 Å². The smallest absolute Gasteiger partial charge is 0.224 e. The molecule has 1 amide bonds. The fraction of sp³-hybridized carbons (Fsp3) is 0.933. The number of morpholine rings is 1. The number of halogens is 2. The van der Waals surface area contributed by atoms with Gasteiger partial charge in [-0.25, -0.2) is 0 Å². The molecule has 0 saturated carbocycles. The van der Waals surface area contributed by atoms with E-state index in [1.165, 1.54) is 0 Å². The van der Waals surface area contributed by atoms with Crippen molar-refractivity contribution in [3.8, 4) is 0 Å². The Labute approximate surface area is 147 Å². The third-order valence-electron chi connectivity index (χ3n) is 3.65. The molecule has 1 heterocycles. The van der Waals surface area contributed by atoms with Gasteiger partial charge in [0.2, 0.25) is 5.91 Å². The lowest BCUT2D eigenvalue weighted by atomic mass is 10.1. The van der Waals surface area contributed by atoms with E-state index in [2.05, 4.69) is 29.4 Å². The lowest BCUT2D eigenvalue weighted by molar-refractivity contribution is -0.124. The number of hydrogen-bond donors (Lipinski definition) is 2. The first-order chi connectivity index (χ1) is 9.52. The Morgan fingerprint density at radius 2 is 1.82 bits per heavy atom. The molecule has 0 aromatic rings. The minimum Gasteiger partial charge on any atom is -0.373 e. The molecule has 0 aliphatic carbocycles. The summed E-state index contributed by atoms with van der Waals surface area (Å²) < 4.78 is 5.72. The molecule has 0 radical (unpaired) electrons. The molecule has 1 saturated heterocycles. The molecular formula is C15H33Cl2N3O2. The highest BCUT2D eigenvalue weighted by atomic mass is 35.5. The molecule has 7 heteroatoms. The zero-order valence-corrected chi connectivity index (χ0v) is 15.9. The summed E-state index contributed by atoms with van der Waals surface area (Å²) in [7, 11) is 1.87. The van der Waals surface area contributed by atoms with E-state index < -0.39 is 0 Å². The molecule has 0 spiro atoms. The second-order valence-electron chi connectivity index (χ2n) is 5.97. The molecule has 22 heavy (non-hydrogen) atoms. The van der Waals surface area contributed by atoms with E-state index in [0.29, 0.717) is 12.2 Å². The van der Waals surface area contributed by atoms with Crippen molar-refractivity contribution in [2.75, 3.05) is 39.8 Å². The number of hydrogen-bond acceptors (Lipinski definition) is 4. The zero-order valence-electron chi connectivity index (χ0n) is 14.3. The molecule has 1 aliphatic rings. The molecule has 1 aliphatic heterocycles. The summed E-state index contributed by atoms with van der Waals surface area (Å²) in [6.45, 7) is 10.9. The highest BCUT2D eigenvalue weighted by Crippen LogP contribution is 2.11. The van der Waals surface area contributed by atoms with E-state index in [0.717, 1.165) is 45.6 Å². The third kappa shape index (κ3) is 9.85. The summed E-state index contributed by atoms with van der Waals surface area (Å²) in [5, 5.41) is 6.02. The van der Waals surface area contributed by atoms with Gasteiger partial charge in [-0.1, -0.05) is 6.92 Å². The highest BCUT2D eigenvalue weighted by Gasteiger charge is 2.21. The average molecular weight is 358 g/mol. The van der Waals surface area contributed by atoms with Gasteiger partial charge in [-0.2, -0.15) is 0 Å². The molecule has 1 fully saturated rings. The SMILES string of the molecule is CNCC(C)C(=O)NCCCCN1CC(C)OC(C)C1.Cl.Cl. The number of carbonyl (C=O) groups excluding carboxylic acids is 1. The minimum atomic E-state index is 0. The van der Waals surface area contributed by atoms with Gasteiger partial charge in [0.15, 0.2) is 0 Å². The molecule has 3 atom stereocenters. The second-order valence-corrected chi connectivity index (χ2v) is 5.97. The Balaban J connectivity index is 0. The van der Waals surface area contributed by atoms with Crippen molar-refractivity contribution >= 4 is 30.7 Å². The van der Waals surface area contributed by atoms with Gasteiger partial charge in [-0.3, -0.25) is 9.69 Å². The minimum absolute atomic E-state index is 0. The molecule has 0 aromatic carbocycles. The van der Waals surface area contributed by atoms with E-state index in [9.17, 15) is 4.79 Å². The van der Waals surface area contributed by atoms with Crippen molar-refractivity contribution in [1.82, 2.24) is 15.5 Å². The fourth-order valence-corrected chi connectivity index (χ4v) is 2.71. The second kappa shape index (κ2) is 13.4. The van der Waals surface area contributed by atoms with E-state index >= 15 is 0 Å². The molecule has 0 bridgehead atoms. The first-order valence-electron chi connectivity index (χ1n) is 7.83. The molecule has 1 rings (SSSR count).